The lowest BCUT2D eigenvalue weighted by Crippen LogP contribution is -1.99. The molecule has 0 spiro atoms. The van der Waals surface area contributed by atoms with Crippen LogP contribution in [0.1, 0.15) is 17.5 Å². The number of hydrogen-bond donors (Lipinski definition) is 0. The smallest absolute Gasteiger partial charge is 0.217 e. The Balaban J connectivity index is 2.37. The molecule has 0 saturated heterocycles. The molecule has 0 amide bonds. The molecule has 0 aliphatic heterocycles. The first-order chi connectivity index (χ1) is 7.16. The molecular weight excluding hydrogens is 214 g/mol. The molecule has 0 radical (unpaired) electrons. The van der Waals surface area contributed by atoms with Gasteiger partial charge >= 0.3 is 0 Å². The SMILES string of the molecule is CC(=O)c1ncn(-c2ccc(Cl)cc2)n1. The van der Waals surface area contributed by atoms with Crippen LogP contribution in [-0.4, -0.2) is 20.5 Å². The minimum absolute atomic E-state index is 0.150. The third-order valence-corrected chi connectivity index (χ3v) is 2.15. The van der Waals surface area contributed by atoms with Crippen LogP contribution in [0.5, 0.6) is 0 Å². The Kier molecular flexibility index (Phi) is 2.51. The molecule has 1 aromatic carbocycles. The Bertz CT molecular complexity index is 490. The van der Waals surface area contributed by atoms with E-state index in [1.165, 1.54) is 17.9 Å². The zero-order valence-corrected chi connectivity index (χ0v) is 8.77. The summed E-state index contributed by atoms with van der Waals surface area (Å²) in [4.78, 5) is 14.9. The van der Waals surface area contributed by atoms with Crippen LogP contribution in [0, 0.1) is 0 Å². The van der Waals surface area contributed by atoms with Crippen molar-refractivity contribution in [1.82, 2.24) is 14.8 Å². The first-order valence-electron chi connectivity index (χ1n) is 4.35. The maximum atomic E-state index is 11.0. The summed E-state index contributed by atoms with van der Waals surface area (Å²) in [7, 11) is 0. The standard InChI is InChI=1S/C10H8ClN3O/c1-7(15)10-12-6-14(13-10)9-4-2-8(11)3-5-9/h2-6H,1H3. The molecule has 0 N–H and O–H groups in total. The fourth-order valence-electron chi connectivity index (χ4n) is 1.14. The van der Waals surface area contributed by atoms with E-state index in [0.29, 0.717) is 5.02 Å². The van der Waals surface area contributed by atoms with Crippen LogP contribution in [0.4, 0.5) is 0 Å². The van der Waals surface area contributed by atoms with Crippen LogP contribution >= 0.6 is 11.6 Å². The van der Waals surface area contributed by atoms with Crippen LogP contribution in [0.2, 0.25) is 5.02 Å². The number of nitrogens with zero attached hydrogens (tertiary/aromatic N) is 3. The number of halogens is 1. The number of hydrogen-bond acceptors (Lipinski definition) is 3. The van der Waals surface area contributed by atoms with Gasteiger partial charge in [0, 0.05) is 11.9 Å². The second-order valence-electron chi connectivity index (χ2n) is 3.05. The highest BCUT2D eigenvalue weighted by Gasteiger charge is 2.06. The van der Waals surface area contributed by atoms with Crippen molar-refractivity contribution < 1.29 is 4.79 Å². The van der Waals surface area contributed by atoms with Gasteiger partial charge in [-0.05, 0) is 24.3 Å². The number of Topliss-reactive ketones (excluding diaryl/α,β-unsaturated/α-hetero) is 1. The van der Waals surface area contributed by atoms with E-state index in [4.69, 9.17) is 11.6 Å². The molecule has 1 aromatic heterocycles. The highest BCUT2D eigenvalue weighted by molar-refractivity contribution is 6.30. The van der Waals surface area contributed by atoms with Gasteiger partial charge in [0.15, 0.2) is 5.78 Å². The zero-order valence-electron chi connectivity index (χ0n) is 8.01. The first kappa shape index (κ1) is 9.86. The fraction of sp³-hybridized carbons (Fsp3) is 0.100. The van der Waals surface area contributed by atoms with Gasteiger partial charge in [0.1, 0.15) is 6.33 Å². The molecule has 2 aromatic rings. The lowest BCUT2D eigenvalue weighted by Gasteiger charge is -1.98. The number of ketones is 1. The Labute approximate surface area is 91.5 Å². The fourth-order valence-corrected chi connectivity index (χ4v) is 1.27. The monoisotopic (exact) mass is 221 g/mol. The van der Waals surface area contributed by atoms with Gasteiger partial charge in [-0.2, -0.15) is 0 Å². The molecular formula is C10H8ClN3O. The highest BCUT2D eigenvalue weighted by atomic mass is 35.5. The van der Waals surface area contributed by atoms with Crippen molar-refractivity contribution in [3.63, 3.8) is 0 Å². The van der Waals surface area contributed by atoms with Crippen molar-refractivity contribution in [3.8, 4) is 5.69 Å². The second-order valence-corrected chi connectivity index (χ2v) is 3.48. The molecule has 0 unspecified atom stereocenters. The van der Waals surface area contributed by atoms with Crippen molar-refractivity contribution in [1.29, 1.82) is 0 Å². The summed E-state index contributed by atoms with van der Waals surface area (Å²) in [5.41, 5.74) is 0.819. The molecule has 0 saturated carbocycles. The predicted molar refractivity (Wildman–Crippen MR) is 56.4 cm³/mol. The van der Waals surface area contributed by atoms with Crippen molar-refractivity contribution in [2.45, 2.75) is 6.92 Å². The normalized spacial score (nSPS) is 10.3. The second kappa shape index (κ2) is 3.82. The van der Waals surface area contributed by atoms with Crippen molar-refractivity contribution >= 4 is 17.4 Å². The minimum atomic E-state index is -0.150. The first-order valence-corrected chi connectivity index (χ1v) is 4.73. The Morgan fingerprint density at radius 1 is 1.33 bits per heavy atom. The molecule has 0 atom stereocenters. The molecule has 2 rings (SSSR count). The van der Waals surface area contributed by atoms with E-state index in [2.05, 4.69) is 10.1 Å². The minimum Gasteiger partial charge on any atom is -0.291 e. The molecule has 1 heterocycles. The Hall–Kier alpha value is -1.68. The van der Waals surface area contributed by atoms with E-state index in [1.54, 1.807) is 24.3 Å². The summed E-state index contributed by atoms with van der Waals surface area (Å²) < 4.78 is 1.53. The maximum absolute atomic E-state index is 11.0. The highest BCUT2D eigenvalue weighted by Crippen LogP contribution is 2.12. The van der Waals surface area contributed by atoms with Gasteiger partial charge in [0.05, 0.1) is 5.69 Å². The lowest BCUT2D eigenvalue weighted by atomic mass is 10.3. The lowest BCUT2D eigenvalue weighted by molar-refractivity contribution is 0.100. The van der Waals surface area contributed by atoms with Gasteiger partial charge in [0.25, 0.3) is 0 Å². The summed E-state index contributed by atoms with van der Waals surface area (Å²) in [6, 6.07) is 7.12. The van der Waals surface area contributed by atoms with E-state index in [9.17, 15) is 4.79 Å². The summed E-state index contributed by atoms with van der Waals surface area (Å²) in [6.45, 7) is 1.43. The van der Waals surface area contributed by atoms with Crippen LogP contribution in [0.15, 0.2) is 30.6 Å². The largest absolute Gasteiger partial charge is 0.291 e. The quantitative estimate of drug-likeness (QED) is 0.730. The molecule has 4 nitrogen and oxygen atoms in total. The average Bonchev–Trinajstić information content (AvgIpc) is 2.68. The van der Waals surface area contributed by atoms with E-state index in [-0.39, 0.29) is 11.6 Å². The van der Waals surface area contributed by atoms with Gasteiger partial charge in [-0.15, -0.1) is 5.10 Å². The molecule has 5 heteroatoms. The van der Waals surface area contributed by atoms with E-state index < -0.39 is 0 Å². The van der Waals surface area contributed by atoms with Gasteiger partial charge in [-0.1, -0.05) is 11.6 Å². The van der Waals surface area contributed by atoms with Crippen molar-refractivity contribution in [3.05, 3.63) is 41.4 Å². The zero-order chi connectivity index (χ0) is 10.8. The topological polar surface area (TPSA) is 47.8 Å². The summed E-state index contributed by atoms with van der Waals surface area (Å²) >= 11 is 5.76. The molecule has 15 heavy (non-hydrogen) atoms. The summed E-state index contributed by atoms with van der Waals surface area (Å²) in [5, 5.41) is 4.68. The van der Waals surface area contributed by atoms with E-state index in [0.717, 1.165) is 5.69 Å². The molecule has 0 bridgehead atoms. The molecule has 0 aliphatic carbocycles. The number of carbonyl (C=O) groups is 1. The average molecular weight is 222 g/mol. The summed E-state index contributed by atoms with van der Waals surface area (Å²) in [5.74, 6) is 0.0627. The number of rotatable bonds is 2. The van der Waals surface area contributed by atoms with Gasteiger partial charge < -0.3 is 0 Å². The molecule has 0 fully saturated rings. The Morgan fingerprint density at radius 3 is 2.53 bits per heavy atom. The van der Waals surface area contributed by atoms with Crippen molar-refractivity contribution in [2.75, 3.05) is 0 Å². The number of carbonyl (C=O) groups excluding carboxylic acids is 1. The van der Waals surface area contributed by atoms with E-state index >= 15 is 0 Å². The third-order valence-electron chi connectivity index (χ3n) is 1.90. The number of aromatic nitrogens is 3. The molecule has 76 valence electrons. The van der Waals surface area contributed by atoms with Crippen LogP contribution in [0.25, 0.3) is 5.69 Å². The Morgan fingerprint density at radius 2 is 2.00 bits per heavy atom. The molecule has 0 aliphatic rings. The van der Waals surface area contributed by atoms with Crippen LogP contribution < -0.4 is 0 Å². The van der Waals surface area contributed by atoms with Gasteiger partial charge in [-0.25, -0.2) is 9.67 Å². The van der Waals surface area contributed by atoms with Crippen LogP contribution in [0.3, 0.4) is 0 Å². The third kappa shape index (κ3) is 2.05. The number of benzene rings is 1. The summed E-state index contributed by atoms with van der Waals surface area (Å²) in [6.07, 6.45) is 1.50. The predicted octanol–water partition coefficient (Wildman–Crippen LogP) is 2.12. The van der Waals surface area contributed by atoms with Crippen molar-refractivity contribution in [2.24, 2.45) is 0 Å². The van der Waals surface area contributed by atoms with E-state index in [1.807, 2.05) is 0 Å². The maximum Gasteiger partial charge on any atom is 0.217 e. The van der Waals surface area contributed by atoms with Crippen LogP contribution in [-0.2, 0) is 0 Å². The van der Waals surface area contributed by atoms with Gasteiger partial charge in [-0.3, -0.25) is 4.79 Å². The van der Waals surface area contributed by atoms with Gasteiger partial charge in [0.2, 0.25) is 5.82 Å².